The molecule has 2 aromatic rings. The third-order valence-corrected chi connectivity index (χ3v) is 4.50. The molecule has 0 aliphatic carbocycles. The van der Waals surface area contributed by atoms with Gasteiger partial charge in [-0.2, -0.15) is 0 Å². The SMILES string of the molecule is CN=C(NCC(=O)N1CCCc2ccccc21)NCc1cc(F)ccc1F. The molecule has 2 aromatic carbocycles. The minimum atomic E-state index is -0.505. The quantitative estimate of drug-likeness (QED) is 0.641. The van der Waals surface area contributed by atoms with Crippen molar-refractivity contribution in [3.05, 3.63) is 65.2 Å². The third-order valence-electron chi connectivity index (χ3n) is 4.50. The Hall–Kier alpha value is -2.96. The summed E-state index contributed by atoms with van der Waals surface area (Å²) in [5.74, 6) is -0.727. The van der Waals surface area contributed by atoms with Crippen LogP contribution >= 0.6 is 0 Å². The summed E-state index contributed by atoms with van der Waals surface area (Å²) < 4.78 is 26.9. The van der Waals surface area contributed by atoms with Crippen LogP contribution in [0.5, 0.6) is 0 Å². The lowest BCUT2D eigenvalue weighted by Gasteiger charge is -2.29. The van der Waals surface area contributed by atoms with Gasteiger partial charge in [-0.25, -0.2) is 8.78 Å². The van der Waals surface area contributed by atoms with E-state index in [2.05, 4.69) is 15.6 Å². The summed E-state index contributed by atoms with van der Waals surface area (Å²) in [4.78, 5) is 18.4. The fourth-order valence-corrected chi connectivity index (χ4v) is 3.13. The monoisotopic (exact) mass is 372 g/mol. The highest BCUT2D eigenvalue weighted by Gasteiger charge is 2.22. The Kier molecular flexibility index (Phi) is 6.01. The molecule has 1 aliphatic heterocycles. The number of benzene rings is 2. The van der Waals surface area contributed by atoms with Crippen molar-refractivity contribution in [2.75, 3.05) is 25.0 Å². The molecule has 0 saturated heterocycles. The van der Waals surface area contributed by atoms with E-state index in [1.165, 1.54) is 5.56 Å². The van der Waals surface area contributed by atoms with Crippen molar-refractivity contribution in [3.63, 3.8) is 0 Å². The summed E-state index contributed by atoms with van der Waals surface area (Å²) in [6, 6.07) is 11.2. The van der Waals surface area contributed by atoms with Gasteiger partial charge >= 0.3 is 0 Å². The molecule has 0 atom stereocenters. The minimum Gasteiger partial charge on any atom is -0.352 e. The predicted octanol–water partition coefficient (Wildman–Crippen LogP) is 2.61. The Morgan fingerprint density at radius 3 is 2.81 bits per heavy atom. The lowest BCUT2D eigenvalue weighted by molar-refractivity contribution is -0.117. The Bertz CT molecular complexity index is 854. The molecular formula is C20H22F2N4O. The van der Waals surface area contributed by atoms with E-state index in [1.54, 1.807) is 11.9 Å². The van der Waals surface area contributed by atoms with E-state index >= 15 is 0 Å². The number of nitrogens with zero attached hydrogens (tertiary/aromatic N) is 2. The number of nitrogens with one attached hydrogen (secondary N) is 2. The zero-order chi connectivity index (χ0) is 19.2. The van der Waals surface area contributed by atoms with Gasteiger partial charge in [-0.15, -0.1) is 0 Å². The molecule has 2 N–H and O–H groups in total. The number of guanidine groups is 1. The first kappa shape index (κ1) is 18.8. The van der Waals surface area contributed by atoms with Crippen molar-refractivity contribution >= 4 is 17.6 Å². The number of carbonyl (C=O) groups excluding carboxylic acids is 1. The second kappa shape index (κ2) is 8.62. The average molecular weight is 372 g/mol. The van der Waals surface area contributed by atoms with E-state index < -0.39 is 11.6 Å². The van der Waals surface area contributed by atoms with Gasteiger partial charge in [0.2, 0.25) is 5.91 Å². The summed E-state index contributed by atoms with van der Waals surface area (Å²) >= 11 is 0. The van der Waals surface area contributed by atoms with Crippen molar-refractivity contribution in [3.8, 4) is 0 Å². The van der Waals surface area contributed by atoms with Crippen LogP contribution in [-0.4, -0.2) is 32.0 Å². The first-order valence-corrected chi connectivity index (χ1v) is 8.85. The number of hydrogen-bond donors (Lipinski definition) is 2. The highest BCUT2D eigenvalue weighted by molar-refractivity contribution is 5.98. The molecule has 3 rings (SSSR count). The van der Waals surface area contributed by atoms with E-state index in [-0.39, 0.29) is 24.6 Å². The van der Waals surface area contributed by atoms with Crippen molar-refractivity contribution in [1.29, 1.82) is 0 Å². The molecule has 1 aliphatic rings. The van der Waals surface area contributed by atoms with Crippen molar-refractivity contribution < 1.29 is 13.6 Å². The zero-order valence-electron chi connectivity index (χ0n) is 15.1. The van der Waals surface area contributed by atoms with Gasteiger partial charge in [0.25, 0.3) is 0 Å². The lowest BCUT2D eigenvalue weighted by Crippen LogP contribution is -2.46. The molecule has 0 aromatic heterocycles. The summed E-state index contributed by atoms with van der Waals surface area (Å²) in [5, 5.41) is 5.83. The number of aliphatic imine (C=N–C) groups is 1. The van der Waals surface area contributed by atoms with Crippen LogP contribution < -0.4 is 15.5 Å². The van der Waals surface area contributed by atoms with Crippen LogP contribution in [0.25, 0.3) is 0 Å². The Morgan fingerprint density at radius 1 is 1.19 bits per heavy atom. The van der Waals surface area contributed by atoms with E-state index in [1.807, 2.05) is 24.3 Å². The molecule has 7 heteroatoms. The van der Waals surface area contributed by atoms with Gasteiger partial charge in [-0.05, 0) is 42.7 Å². The van der Waals surface area contributed by atoms with Crippen LogP contribution in [-0.2, 0) is 17.8 Å². The molecule has 27 heavy (non-hydrogen) atoms. The van der Waals surface area contributed by atoms with Gasteiger partial charge in [-0.1, -0.05) is 18.2 Å². The number of anilines is 1. The molecule has 0 saturated carbocycles. The second-order valence-electron chi connectivity index (χ2n) is 6.29. The number of para-hydroxylation sites is 1. The molecular weight excluding hydrogens is 350 g/mol. The summed E-state index contributed by atoms with van der Waals surface area (Å²) in [5.41, 5.74) is 2.30. The molecule has 0 fully saturated rings. The number of carbonyl (C=O) groups is 1. The normalized spacial score (nSPS) is 13.9. The van der Waals surface area contributed by atoms with Gasteiger partial charge in [-0.3, -0.25) is 9.79 Å². The molecule has 5 nitrogen and oxygen atoms in total. The lowest BCUT2D eigenvalue weighted by atomic mass is 10.0. The van der Waals surface area contributed by atoms with Crippen LogP contribution in [0.2, 0.25) is 0 Å². The average Bonchev–Trinajstić information content (AvgIpc) is 2.69. The largest absolute Gasteiger partial charge is 0.352 e. The first-order chi connectivity index (χ1) is 13.1. The topological polar surface area (TPSA) is 56.7 Å². The van der Waals surface area contributed by atoms with Crippen LogP contribution in [0.4, 0.5) is 14.5 Å². The fraction of sp³-hybridized carbons (Fsp3) is 0.300. The van der Waals surface area contributed by atoms with Gasteiger partial charge in [0.05, 0.1) is 6.54 Å². The summed E-state index contributed by atoms with van der Waals surface area (Å²) in [7, 11) is 1.55. The van der Waals surface area contributed by atoms with Crippen LogP contribution in [0.1, 0.15) is 17.5 Å². The second-order valence-corrected chi connectivity index (χ2v) is 6.29. The predicted molar refractivity (Wildman–Crippen MR) is 102 cm³/mol. The van der Waals surface area contributed by atoms with Gasteiger partial charge < -0.3 is 15.5 Å². The van der Waals surface area contributed by atoms with Crippen molar-refractivity contribution in [1.82, 2.24) is 10.6 Å². The van der Waals surface area contributed by atoms with Crippen LogP contribution in [0.15, 0.2) is 47.5 Å². The van der Waals surface area contributed by atoms with Gasteiger partial charge in [0.15, 0.2) is 5.96 Å². The number of halogens is 2. The number of hydrogen-bond acceptors (Lipinski definition) is 2. The highest BCUT2D eigenvalue weighted by atomic mass is 19.1. The molecule has 0 unspecified atom stereocenters. The Balaban J connectivity index is 1.57. The Morgan fingerprint density at radius 2 is 2.00 bits per heavy atom. The molecule has 142 valence electrons. The van der Waals surface area contributed by atoms with E-state index in [0.29, 0.717) is 12.5 Å². The fourth-order valence-electron chi connectivity index (χ4n) is 3.13. The van der Waals surface area contributed by atoms with Crippen LogP contribution in [0.3, 0.4) is 0 Å². The number of aryl methyl sites for hydroxylation is 1. The maximum atomic E-state index is 13.7. The number of rotatable bonds is 4. The molecule has 0 spiro atoms. The van der Waals surface area contributed by atoms with Crippen LogP contribution in [0, 0.1) is 11.6 Å². The highest BCUT2D eigenvalue weighted by Crippen LogP contribution is 2.26. The van der Waals surface area contributed by atoms with E-state index in [4.69, 9.17) is 0 Å². The first-order valence-electron chi connectivity index (χ1n) is 8.85. The Labute approximate surface area is 157 Å². The number of fused-ring (bicyclic) bond motifs is 1. The van der Waals surface area contributed by atoms with Crippen molar-refractivity contribution in [2.24, 2.45) is 4.99 Å². The van der Waals surface area contributed by atoms with Gasteiger partial charge in [0.1, 0.15) is 11.6 Å². The third kappa shape index (κ3) is 4.61. The summed E-state index contributed by atoms with van der Waals surface area (Å²) in [6.07, 6.45) is 1.89. The van der Waals surface area contributed by atoms with E-state index in [9.17, 15) is 13.6 Å². The molecule has 1 amide bonds. The molecule has 0 radical (unpaired) electrons. The molecule has 1 heterocycles. The zero-order valence-corrected chi connectivity index (χ0v) is 15.1. The minimum absolute atomic E-state index is 0.0552. The number of amides is 1. The standard InChI is InChI=1S/C20H22F2N4O/c1-23-20(24-12-15-11-16(21)8-9-17(15)22)25-13-19(27)26-10-4-6-14-5-2-3-7-18(14)26/h2-3,5,7-9,11H,4,6,10,12-13H2,1H3,(H2,23,24,25). The van der Waals surface area contributed by atoms with E-state index in [0.717, 1.165) is 36.7 Å². The smallest absolute Gasteiger partial charge is 0.246 e. The van der Waals surface area contributed by atoms with Gasteiger partial charge in [0, 0.05) is 31.4 Å². The maximum absolute atomic E-state index is 13.7. The molecule has 0 bridgehead atoms. The maximum Gasteiger partial charge on any atom is 0.246 e. The van der Waals surface area contributed by atoms with Crippen molar-refractivity contribution in [2.45, 2.75) is 19.4 Å². The summed E-state index contributed by atoms with van der Waals surface area (Å²) in [6.45, 7) is 0.793.